The van der Waals surface area contributed by atoms with Crippen LogP contribution in [0, 0.1) is 0 Å². The molecule has 1 N–H and O–H groups in total. The molecule has 2 saturated heterocycles. The monoisotopic (exact) mass is 314 g/mol. The van der Waals surface area contributed by atoms with Crippen LogP contribution in [-0.2, 0) is 19.1 Å². The Balaban J connectivity index is 1.90. The third-order valence-electron chi connectivity index (χ3n) is 3.57. The fraction of sp³-hybridized carbons (Fsp3) is 0.786. The summed E-state index contributed by atoms with van der Waals surface area (Å²) in [7, 11) is 0. The van der Waals surface area contributed by atoms with Crippen molar-refractivity contribution >= 4 is 29.5 Å². The molecule has 2 amide bonds. The van der Waals surface area contributed by atoms with Gasteiger partial charge < -0.3 is 15.0 Å². The number of fused-ring (bicyclic) bond motifs is 1. The predicted molar refractivity (Wildman–Crippen MR) is 79.6 cm³/mol. The molecule has 0 aromatic heterocycles. The molecule has 2 heterocycles. The molecule has 21 heavy (non-hydrogen) atoms. The Hall–Kier alpha value is -1.24. The first-order valence-corrected chi connectivity index (χ1v) is 8.07. The van der Waals surface area contributed by atoms with Crippen molar-refractivity contribution in [3.05, 3.63) is 0 Å². The summed E-state index contributed by atoms with van der Waals surface area (Å²) in [5, 5.41) is 2.58. The maximum absolute atomic E-state index is 12.2. The number of nitrogens with zero attached hydrogens (tertiary/aromatic N) is 1. The summed E-state index contributed by atoms with van der Waals surface area (Å²) in [6, 6.07) is -0.488. The van der Waals surface area contributed by atoms with Crippen LogP contribution in [0.25, 0.3) is 0 Å². The fourth-order valence-electron chi connectivity index (χ4n) is 2.67. The highest BCUT2D eigenvalue weighted by molar-refractivity contribution is 8.01. The smallest absolute Gasteiger partial charge is 0.325 e. The fourth-order valence-corrected chi connectivity index (χ4v) is 4.10. The van der Waals surface area contributed by atoms with E-state index in [9.17, 15) is 14.4 Å². The zero-order valence-electron chi connectivity index (χ0n) is 12.9. The summed E-state index contributed by atoms with van der Waals surface area (Å²) in [6.07, 6.45) is 1.26. The van der Waals surface area contributed by atoms with Gasteiger partial charge >= 0.3 is 5.97 Å². The Morgan fingerprint density at radius 1 is 1.48 bits per heavy atom. The maximum atomic E-state index is 12.2. The molecular weight excluding hydrogens is 292 g/mol. The molecule has 2 aliphatic rings. The van der Waals surface area contributed by atoms with Crippen LogP contribution in [0.5, 0.6) is 0 Å². The highest BCUT2D eigenvalue weighted by Gasteiger charge is 2.52. The van der Waals surface area contributed by atoms with Crippen molar-refractivity contribution in [3.63, 3.8) is 0 Å². The summed E-state index contributed by atoms with van der Waals surface area (Å²) in [6.45, 7) is 7.14. The van der Waals surface area contributed by atoms with Crippen molar-refractivity contribution in [2.75, 3.05) is 12.3 Å². The van der Waals surface area contributed by atoms with Crippen LogP contribution in [0.3, 0.4) is 0 Å². The first-order chi connectivity index (χ1) is 9.62. The highest BCUT2D eigenvalue weighted by atomic mass is 32.2. The number of rotatable bonds is 3. The van der Waals surface area contributed by atoms with Crippen molar-refractivity contribution in [2.45, 2.75) is 57.1 Å². The molecule has 2 aliphatic heterocycles. The number of hydrogen-bond donors (Lipinski definition) is 1. The molecule has 0 unspecified atom stereocenters. The molecular formula is C14H22N2O4S. The molecule has 7 heteroatoms. The minimum absolute atomic E-state index is 0.0138. The van der Waals surface area contributed by atoms with Crippen molar-refractivity contribution < 1.29 is 19.1 Å². The van der Waals surface area contributed by atoms with Crippen LogP contribution >= 0.6 is 11.8 Å². The quantitative estimate of drug-likeness (QED) is 0.783. The molecule has 0 aromatic rings. The van der Waals surface area contributed by atoms with E-state index < -0.39 is 17.6 Å². The summed E-state index contributed by atoms with van der Waals surface area (Å²) in [5.41, 5.74) is -0.575. The third kappa shape index (κ3) is 3.51. The SMILES string of the molecule is CC(C)(C)OC(=O)CNC(=O)[C@H]1CS[C@@]2(C)CCC(=O)N12. The van der Waals surface area contributed by atoms with Crippen LogP contribution in [0.2, 0.25) is 0 Å². The Morgan fingerprint density at radius 3 is 2.76 bits per heavy atom. The van der Waals surface area contributed by atoms with Gasteiger partial charge in [0.25, 0.3) is 0 Å². The average Bonchev–Trinajstić information content (AvgIpc) is 2.82. The number of esters is 1. The molecule has 6 nitrogen and oxygen atoms in total. The molecule has 0 aliphatic carbocycles. The summed E-state index contributed by atoms with van der Waals surface area (Å²) in [4.78, 5) is 37.2. The first kappa shape index (κ1) is 16.1. The standard InChI is InChI=1S/C14H22N2O4S/c1-13(2,3)20-11(18)7-15-12(19)9-8-21-14(4)6-5-10(17)16(9)14/h9H,5-8H2,1-4H3,(H,15,19)/t9-,14+/m1/s1. The Morgan fingerprint density at radius 2 is 2.14 bits per heavy atom. The molecule has 0 radical (unpaired) electrons. The van der Waals surface area contributed by atoms with Crippen LogP contribution in [-0.4, -0.2) is 51.5 Å². The number of amides is 2. The lowest BCUT2D eigenvalue weighted by molar-refractivity contribution is -0.154. The van der Waals surface area contributed by atoms with Gasteiger partial charge in [0.1, 0.15) is 18.2 Å². The van der Waals surface area contributed by atoms with Gasteiger partial charge in [-0.2, -0.15) is 0 Å². The van der Waals surface area contributed by atoms with Gasteiger partial charge in [0.2, 0.25) is 11.8 Å². The molecule has 2 fully saturated rings. The van der Waals surface area contributed by atoms with Crippen LogP contribution in [0.4, 0.5) is 0 Å². The van der Waals surface area contributed by atoms with E-state index in [1.807, 2.05) is 6.92 Å². The van der Waals surface area contributed by atoms with Gasteiger partial charge in [0.15, 0.2) is 0 Å². The van der Waals surface area contributed by atoms with E-state index in [0.29, 0.717) is 12.2 Å². The minimum atomic E-state index is -0.575. The highest BCUT2D eigenvalue weighted by Crippen LogP contribution is 2.47. The van der Waals surface area contributed by atoms with Gasteiger partial charge in [0.05, 0.1) is 4.87 Å². The third-order valence-corrected chi connectivity index (χ3v) is 5.08. The number of ether oxygens (including phenoxy) is 1. The lowest BCUT2D eigenvalue weighted by atomic mass is 10.2. The Labute approximate surface area is 129 Å². The lowest BCUT2D eigenvalue weighted by Crippen LogP contribution is -2.51. The zero-order valence-corrected chi connectivity index (χ0v) is 13.7. The zero-order chi connectivity index (χ0) is 15.8. The number of hydrogen-bond acceptors (Lipinski definition) is 5. The van der Waals surface area contributed by atoms with Crippen molar-refractivity contribution in [1.82, 2.24) is 10.2 Å². The van der Waals surface area contributed by atoms with E-state index in [2.05, 4.69) is 5.32 Å². The first-order valence-electron chi connectivity index (χ1n) is 7.08. The van der Waals surface area contributed by atoms with Gasteiger partial charge in [-0.25, -0.2) is 0 Å². The van der Waals surface area contributed by atoms with E-state index in [1.165, 1.54) is 0 Å². The van der Waals surface area contributed by atoms with E-state index in [1.54, 1.807) is 37.4 Å². The van der Waals surface area contributed by atoms with Gasteiger partial charge in [-0.05, 0) is 34.1 Å². The summed E-state index contributed by atoms with van der Waals surface area (Å²) >= 11 is 1.63. The molecule has 118 valence electrons. The van der Waals surface area contributed by atoms with Crippen LogP contribution < -0.4 is 5.32 Å². The number of carbonyl (C=O) groups excluding carboxylic acids is 3. The summed E-state index contributed by atoms with van der Waals surface area (Å²) in [5.74, 6) is -0.174. The number of nitrogens with one attached hydrogen (secondary N) is 1. The average molecular weight is 314 g/mol. The molecule has 0 bridgehead atoms. The molecule has 0 saturated carbocycles. The van der Waals surface area contributed by atoms with E-state index in [0.717, 1.165) is 6.42 Å². The van der Waals surface area contributed by atoms with Gasteiger partial charge in [-0.3, -0.25) is 14.4 Å². The van der Waals surface area contributed by atoms with Gasteiger partial charge in [-0.15, -0.1) is 11.8 Å². The Kier molecular flexibility index (Phi) is 4.24. The minimum Gasteiger partial charge on any atom is -0.459 e. The number of carbonyl (C=O) groups is 3. The maximum Gasteiger partial charge on any atom is 0.325 e. The van der Waals surface area contributed by atoms with Crippen molar-refractivity contribution in [2.24, 2.45) is 0 Å². The van der Waals surface area contributed by atoms with E-state index in [4.69, 9.17) is 4.74 Å². The normalized spacial score (nSPS) is 28.5. The largest absolute Gasteiger partial charge is 0.459 e. The second-order valence-corrected chi connectivity index (χ2v) is 8.07. The number of thioether (sulfide) groups is 1. The van der Waals surface area contributed by atoms with E-state index >= 15 is 0 Å². The lowest BCUT2D eigenvalue weighted by Gasteiger charge is -2.29. The second-order valence-electron chi connectivity index (χ2n) is 6.57. The van der Waals surface area contributed by atoms with E-state index in [-0.39, 0.29) is 23.2 Å². The topological polar surface area (TPSA) is 75.7 Å². The van der Waals surface area contributed by atoms with Crippen molar-refractivity contribution in [1.29, 1.82) is 0 Å². The van der Waals surface area contributed by atoms with Crippen LogP contribution in [0.15, 0.2) is 0 Å². The van der Waals surface area contributed by atoms with Gasteiger partial charge in [0, 0.05) is 12.2 Å². The predicted octanol–water partition coefficient (Wildman–Crippen LogP) is 0.898. The molecule has 0 spiro atoms. The van der Waals surface area contributed by atoms with Crippen LogP contribution in [0.1, 0.15) is 40.5 Å². The van der Waals surface area contributed by atoms with Gasteiger partial charge in [-0.1, -0.05) is 0 Å². The Bertz CT molecular complexity index is 474. The molecule has 2 rings (SSSR count). The summed E-state index contributed by atoms with van der Waals surface area (Å²) < 4.78 is 5.14. The van der Waals surface area contributed by atoms with Crippen molar-refractivity contribution in [3.8, 4) is 0 Å². The second kappa shape index (κ2) is 5.51. The molecule has 2 atom stereocenters. The molecule has 0 aromatic carbocycles.